The Morgan fingerprint density at radius 2 is 1.81 bits per heavy atom. The quantitative estimate of drug-likeness (QED) is 0.676. The number of hydrogen-bond donors (Lipinski definition) is 0. The molecule has 5 aliphatic rings. The number of fused-ring (bicyclic) bond motifs is 3. The van der Waals surface area contributed by atoms with Crippen molar-refractivity contribution in [1.29, 1.82) is 0 Å². The second kappa shape index (κ2) is 3.63. The van der Waals surface area contributed by atoms with Gasteiger partial charge in [0.1, 0.15) is 11.6 Å². The maximum atomic E-state index is 12.4. The smallest absolute Gasteiger partial charge is 0.139 e. The van der Waals surface area contributed by atoms with E-state index in [0.717, 1.165) is 43.9 Å². The largest absolute Gasteiger partial charge is 0.300 e. The van der Waals surface area contributed by atoms with E-state index in [1.165, 1.54) is 32.1 Å². The van der Waals surface area contributed by atoms with Gasteiger partial charge in [0.25, 0.3) is 0 Å². The summed E-state index contributed by atoms with van der Waals surface area (Å²) in [5, 5.41) is 0. The molecule has 2 unspecified atom stereocenters. The molecular formula is C19H26O2. The Hall–Kier alpha value is -0.660. The lowest BCUT2D eigenvalue weighted by atomic mass is 9.50. The topological polar surface area (TPSA) is 34.1 Å². The summed E-state index contributed by atoms with van der Waals surface area (Å²) in [4.78, 5) is 24.3. The third kappa shape index (κ3) is 1.32. The standard InChI is InChI=1S/C19H26O2/c1-17-7-6-15-13(14(17)2-3-16(17)21)5-8-18-10-12(20)4-9-19(15,18)11-18/h13-15H,2-11H2,1H3/t13-,14-,15-,17-,18?,19?/m0/s1. The lowest BCUT2D eigenvalue weighted by molar-refractivity contribution is -0.134. The van der Waals surface area contributed by atoms with E-state index in [-0.39, 0.29) is 5.41 Å². The van der Waals surface area contributed by atoms with E-state index in [2.05, 4.69) is 6.92 Å². The highest BCUT2D eigenvalue weighted by atomic mass is 16.1. The molecule has 5 aliphatic carbocycles. The summed E-state index contributed by atoms with van der Waals surface area (Å²) >= 11 is 0. The molecule has 0 spiro atoms. The molecule has 0 bridgehead atoms. The molecule has 5 rings (SSSR count). The third-order valence-electron chi connectivity index (χ3n) is 8.78. The van der Waals surface area contributed by atoms with Crippen LogP contribution in [-0.4, -0.2) is 11.6 Å². The van der Waals surface area contributed by atoms with Crippen LogP contribution in [0.1, 0.15) is 71.1 Å². The predicted molar refractivity (Wildman–Crippen MR) is 79.6 cm³/mol. The maximum Gasteiger partial charge on any atom is 0.139 e. The minimum absolute atomic E-state index is 0.0111. The lowest BCUT2D eigenvalue weighted by Crippen LogP contribution is -2.48. The fraction of sp³-hybridized carbons (Fsp3) is 0.895. The molecule has 6 atom stereocenters. The molecule has 0 amide bonds. The molecule has 0 heterocycles. The Morgan fingerprint density at radius 1 is 0.952 bits per heavy atom. The second-order valence-electron chi connectivity index (χ2n) is 9.16. The van der Waals surface area contributed by atoms with Crippen LogP contribution in [0.5, 0.6) is 0 Å². The number of hydrogen-bond acceptors (Lipinski definition) is 2. The average molecular weight is 286 g/mol. The fourth-order valence-corrected chi connectivity index (χ4v) is 7.71. The summed E-state index contributed by atoms with van der Waals surface area (Å²) in [6, 6.07) is 0. The van der Waals surface area contributed by atoms with Gasteiger partial charge in [0.15, 0.2) is 0 Å². The monoisotopic (exact) mass is 286 g/mol. The first-order valence-electron chi connectivity index (χ1n) is 9.06. The molecule has 0 radical (unpaired) electrons. The van der Waals surface area contributed by atoms with E-state index in [1.807, 2.05) is 0 Å². The van der Waals surface area contributed by atoms with Gasteiger partial charge in [0.2, 0.25) is 0 Å². The number of carbonyl (C=O) groups is 2. The van der Waals surface area contributed by atoms with Gasteiger partial charge >= 0.3 is 0 Å². The van der Waals surface area contributed by atoms with Gasteiger partial charge < -0.3 is 0 Å². The normalized spacial score (nSPS) is 58.0. The van der Waals surface area contributed by atoms with Gasteiger partial charge in [0, 0.05) is 24.7 Å². The van der Waals surface area contributed by atoms with Crippen LogP contribution >= 0.6 is 0 Å². The van der Waals surface area contributed by atoms with E-state index in [1.54, 1.807) is 0 Å². The van der Waals surface area contributed by atoms with Crippen LogP contribution < -0.4 is 0 Å². The van der Waals surface area contributed by atoms with Crippen LogP contribution in [0.4, 0.5) is 0 Å². The van der Waals surface area contributed by atoms with Gasteiger partial charge in [0.05, 0.1) is 0 Å². The first-order chi connectivity index (χ1) is 10.0. The Labute approximate surface area is 127 Å². The van der Waals surface area contributed by atoms with E-state index in [4.69, 9.17) is 0 Å². The van der Waals surface area contributed by atoms with Crippen molar-refractivity contribution in [1.82, 2.24) is 0 Å². The van der Waals surface area contributed by atoms with E-state index >= 15 is 0 Å². The molecule has 114 valence electrons. The van der Waals surface area contributed by atoms with Crippen LogP contribution in [0, 0.1) is 34.0 Å². The van der Waals surface area contributed by atoms with Crippen molar-refractivity contribution in [3.8, 4) is 0 Å². The molecule has 5 saturated carbocycles. The Kier molecular flexibility index (Phi) is 2.22. The first kappa shape index (κ1) is 12.8. The van der Waals surface area contributed by atoms with Gasteiger partial charge in [-0.15, -0.1) is 0 Å². The van der Waals surface area contributed by atoms with Crippen molar-refractivity contribution in [3.05, 3.63) is 0 Å². The summed E-state index contributed by atoms with van der Waals surface area (Å²) in [6.45, 7) is 2.26. The number of rotatable bonds is 0. The molecule has 2 heteroatoms. The zero-order chi connectivity index (χ0) is 14.5. The molecule has 0 aromatic rings. The van der Waals surface area contributed by atoms with Crippen molar-refractivity contribution in [2.45, 2.75) is 71.1 Å². The first-order valence-corrected chi connectivity index (χ1v) is 9.06. The van der Waals surface area contributed by atoms with Crippen molar-refractivity contribution in [2.24, 2.45) is 34.0 Å². The molecule has 0 N–H and O–H groups in total. The Balaban J connectivity index is 1.50. The highest BCUT2D eigenvalue weighted by Crippen LogP contribution is 2.82. The van der Waals surface area contributed by atoms with Crippen molar-refractivity contribution in [3.63, 3.8) is 0 Å². The number of ketones is 2. The summed E-state index contributed by atoms with van der Waals surface area (Å²) in [7, 11) is 0. The summed E-state index contributed by atoms with van der Waals surface area (Å²) in [6.07, 6.45) is 11.2. The lowest BCUT2D eigenvalue weighted by Gasteiger charge is -2.53. The molecule has 5 fully saturated rings. The van der Waals surface area contributed by atoms with Gasteiger partial charge in [-0.2, -0.15) is 0 Å². The van der Waals surface area contributed by atoms with Crippen LogP contribution in [0.25, 0.3) is 0 Å². The SMILES string of the molecule is C[C@]12CC[C@H]3[C@@H](CCC45CC(=O)CCC34C5)[C@@H]1CCC2=O. The van der Waals surface area contributed by atoms with Gasteiger partial charge in [-0.25, -0.2) is 0 Å². The minimum atomic E-state index is 0.0111. The molecular weight excluding hydrogens is 260 g/mol. The van der Waals surface area contributed by atoms with Crippen molar-refractivity contribution in [2.75, 3.05) is 0 Å². The van der Waals surface area contributed by atoms with E-state index < -0.39 is 0 Å². The second-order valence-corrected chi connectivity index (χ2v) is 9.16. The van der Waals surface area contributed by atoms with Gasteiger partial charge in [-0.3, -0.25) is 9.59 Å². The number of Topliss-reactive ketones (excluding diaryl/α,β-unsaturated/α-hetero) is 2. The molecule has 2 nitrogen and oxygen atoms in total. The summed E-state index contributed by atoms with van der Waals surface area (Å²) < 4.78 is 0. The van der Waals surface area contributed by atoms with Crippen molar-refractivity contribution < 1.29 is 9.59 Å². The number of carbonyl (C=O) groups excluding carboxylic acids is 2. The Morgan fingerprint density at radius 3 is 2.67 bits per heavy atom. The van der Waals surface area contributed by atoms with Crippen LogP contribution in [0.2, 0.25) is 0 Å². The molecule has 0 aliphatic heterocycles. The molecule has 0 aromatic heterocycles. The summed E-state index contributed by atoms with van der Waals surface area (Å²) in [5.74, 6) is 3.37. The fourth-order valence-electron chi connectivity index (χ4n) is 7.71. The Bertz CT molecular complexity index is 552. The predicted octanol–water partition coefficient (Wildman–Crippen LogP) is 3.92. The zero-order valence-corrected chi connectivity index (χ0v) is 13.1. The highest BCUT2D eigenvalue weighted by molar-refractivity contribution is 5.87. The van der Waals surface area contributed by atoms with E-state index in [0.29, 0.717) is 28.3 Å². The third-order valence-corrected chi connectivity index (χ3v) is 8.78. The average Bonchev–Trinajstić information content (AvgIpc) is 3.05. The molecule has 0 aromatic carbocycles. The van der Waals surface area contributed by atoms with Crippen LogP contribution in [0.15, 0.2) is 0 Å². The maximum absolute atomic E-state index is 12.4. The van der Waals surface area contributed by atoms with Gasteiger partial charge in [-0.05, 0) is 73.5 Å². The minimum Gasteiger partial charge on any atom is -0.300 e. The van der Waals surface area contributed by atoms with E-state index in [9.17, 15) is 9.59 Å². The molecule has 0 saturated heterocycles. The summed E-state index contributed by atoms with van der Waals surface area (Å²) in [5.41, 5.74) is 0.952. The van der Waals surface area contributed by atoms with Crippen LogP contribution in [-0.2, 0) is 9.59 Å². The van der Waals surface area contributed by atoms with Crippen LogP contribution in [0.3, 0.4) is 0 Å². The molecule has 21 heavy (non-hydrogen) atoms. The zero-order valence-electron chi connectivity index (χ0n) is 13.1. The van der Waals surface area contributed by atoms with Gasteiger partial charge in [-0.1, -0.05) is 6.92 Å². The van der Waals surface area contributed by atoms with Crippen molar-refractivity contribution >= 4 is 11.6 Å². The highest BCUT2D eigenvalue weighted by Gasteiger charge is 2.75.